The van der Waals surface area contributed by atoms with Gasteiger partial charge in [-0.2, -0.15) is 5.10 Å². The highest BCUT2D eigenvalue weighted by Gasteiger charge is 2.34. The molecule has 39 heavy (non-hydrogen) atoms. The molecule has 0 aromatic carbocycles. The maximum absolute atomic E-state index is 14.5. The smallest absolute Gasteiger partial charge is 0.343 e. The van der Waals surface area contributed by atoms with Crippen molar-refractivity contribution >= 4 is 23.3 Å². The highest BCUT2D eigenvalue weighted by Crippen LogP contribution is 2.37. The highest BCUT2D eigenvalue weighted by atomic mass is 19.1. The van der Waals surface area contributed by atoms with Crippen LogP contribution in [0.25, 0.3) is 5.65 Å². The number of carbonyl (C=O) groups is 2. The number of hydrogen-bond acceptors (Lipinski definition) is 8. The third kappa shape index (κ3) is 5.88. The molecular formula is C28H36FN7O3. The van der Waals surface area contributed by atoms with E-state index in [1.54, 1.807) is 23.7 Å². The molecule has 11 heteroatoms. The Morgan fingerprint density at radius 2 is 2.03 bits per heavy atom. The lowest BCUT2D eigenvalue weighted by molar-refractivity contribution is -0.134. The van der Waals surface area contributed by atoms with Gasteiger partial charge in [-0.15, -0.1) is 0 Å². The number of pyridine rings is 1. The first kappa shape index (κ1) is 27.0. The maximum Gasteiger partial charge on any atom is 0.343 e. The lowest BCUT2D eigenvalue weighted by Crippen LogP contribution is -2.49. The zero-order valence-corrected chi connectivity index (χ0v) is 23.0. The Labute approximate surface area is 227 Å². The minimum absolute atomic E-state index is 0.0211. The van der Waals surface area contributed by atoms with Gasteiger partial charge in [0.15, 0.2) is 5.65 Å². The van der Waals surface area contributed by atoms with E-state index < -0.39 is 11.4 Å². The number of nitrogens with one attached hydrogen (secondary N) is 1. The first-order valence-corrected chi connectivity index (χ1v) is 13.7. The second kappa shape index (κ2) is 10.9. The van der Waals surface area contributed by atoms with Gasteiger partial charge in [-0.25, -0.2) is 23.7 Å². The van der Waals surface area contributed by atoms with E-state index in [1.165, 1.54) is 12.4 Å². The van der Waals surface area contributed by atoms with Gasteiger partial charge in [0.2, 0.25) is 5.91 Å². The Morgan fingerprint density at radius 1 is 1.23 bits per heavy atom. The van der Waals surface area contributed by atoms with Crippen LogP contribution in [-0.2, 0) is 16.0 Å². The molecule has 5 rings (SSSR count). The number of esters is 1. The number of aromatic nitrogens is 4. The van der Waals surface area contributed by atoms with Gasteiger partial charge in [0.1, 0.15) is 17.2 Å². The monoisotopic (exact) mass is 537 g/mol. The van der Waals surface area contributed by atoms with Crippen LogP contribution in [0.15, 0.2) is 30.7 Å². The molecule has 208 valence electrons. The first-order valence-electron chi connectivity index (χ1n) is 13.7. The molecule has 0 radical (unpaired) electrons. The summed E-state index contributed by atoms with van der Waals surface area (Å²) in [6.45, 7) is 9.03. The summed E-state index contributed by atoms with van der Waals surface area (Å²) in [4.78, 5) is 36.5. The Morgan fingerprint density at radius 3 is 2.74 bits per heavy atom. The molecule has 2 aliphatic rings. The second-order valence-electron chi connectivity index (χ2n) is 11.2. The van der Waals surface area contributed by atoms with Crippen molar-refractivity contribution in [3.63, 3.8) is 0 Å². The molecule has 1 amide bonds. The average Bonchev–Trinajstić information content (AvgIpc) is 3.46. The molecule has 1 aliphatic carbocycles. The summed E-state index contributed by atoms with van der Waals surface area (Å²) in [6, 6.07) is 3.63. The number of carbonyl (C=O) groups excluding carboxylic acids is 2. The van der Waals surface area contributed by atoms with Crippen LogP contribution < -0.4 is 10.3 Å². The number of ether oxygens (including phenoxy) is 1. The number of hydrazine groups is 1. The fraction of sp³-hybridized carbons (Fsp3) is 0.536. The van der Waals surface area contributed by atoms with E-state index in [2.05, 4.69) is 20.4 Å². The standard InChI is InChI=1S/C28H36FN7O3/c1-5-39-26(37)21-17-31-36-14-11-24(32-25(21)36)34-12-6-7-23(34)20-15-18(29)16-30-22(20)10-13-35(19-8-9-19)33-27(38)28(2,3)4/h11,14-17,19,23H,5-10,12-13H2,1-4H3,(H,33,38)/t23-/m0/s1. The third-order valence-electron chi connectivity index (χ3n) is 7.23. The van der Waals surface area contributed by atoms with E-state index in [9.17, 15) is 14.0 Å². The number of hydrogen-bond donors (Lipinski definition) is 1. The van der Waals surface area contributed by atoms with Crippen LogP contribution in [0.3, 0.4) is 0 Å². The van der Waals surface area contributed by atoms with Gasteiger partial charge in [-0.3, -0.25) is 15.2 Å². The quantitative estimate of drug-likeness (QED) is 0.324. The van der Waals surface area contributed by atoms with Crippen molar-refractivity contribution in [1.29, 1.82) is 0 Å². The normalized spacial score (nSPS) is 17.7. The SMILES string of the molecule is CCOC(=O)c1cnn2ccc(N3CCC[C@H]3c3cc(F)cnc3CCN(NC(=O)C(C)(C)C)C3CC3)nc12. The van der Waals surface area contributed by atoms with Crippen molar-refractivity contribution in [2.24, 2.45) is 5.41 Å². The van der Waals surface area contributed by atoms with Gasteiger partial charge in [0.05, 0.1) is 25.0 Å². The Balaban J connectivity index is 1.39. The molecule has 1 N–H and O–H groups in total. The molecule has 0 unspecified atom stereocenters. The number of amides is 1. The topological polar surface area (TPSA) is 105 Å². The Bertz CT molecular complexity index is 1360. The van der Waals surface area contributed by atoms with Crippen LogP contribution in [0.1, 0.15) is 81.0 Å². The molecular weight excluding hydrogens is 501 g/mol. The summed E-state index contributed by atoms with van der Waals surface area (Å²) >= 11 is 0. The molecule has 1 atom stereocenters. The van der Waals surface area contributed by atoms with Crippen LogP contribution in [0, 0.1) is 11.2 Å². The molecule has 10 nitrogen and oxygen atoms in total. The maximum atomic E-state index is 14.5. The predicted molar refractivity (Wildman–Crippen MR) is 143 cm³/mol. The summed E-state index contributed by atoms with van der Waals surface area (Å²) in [6.07, 6.45) is 8.88. The average molecular weight is 538 g/mol. The molecule has 4 heterocycles. The summed E-state index contributed by atoms with van der Waals surface area (Å²) in [5, 5.41) is 6.24. The fourth-order valence-electron chi connectivity index (χ4n) is 4.96. The van der Waals surface area contributed by atoms with Gasteiger partial charge < -0.3 is 9.64 Å². The summed E-state index contributed by atoms with van der Waals surface area (Å²) in [5.74, 6) is -0.189. The van der Waals surface area contributed by atoms with Crippen molar-refractivity contribution in [2.75, 3.05) is 24.6 Å². The van der Waals surface area contributed by atoms with Crippen molar-refractivity contribution in [2.45, 2.75) is 71.9 Å². The van der Waals surface area contributed by atoms with E-state index in [0.717, 1.165) is 43.5 Å². The minimum Gasteiger partial charge on any atom is -0.462 e. The lowest BCUT2D eigenvalue weighted by Gasteiger charge is -2.29. The predicted octanol–water partition coefficient (Wildman–Crippen LogP) is 3.87. The lowest BCUT2D eigenvalue weighted by atomic mass is 9.96. The van der Waals surface area contributed by atoms with Crippen LogP contribution in [-0.4, -0.2) is 62.2 Å². The summed E-state index contributed by atoms with van der Waals surface area (Å²) in [5.41, 5.74) is 4.95. The molecule has 3 aromatic rings. The third-order valence-corrected chi connectivity index (χ3v) is 7.23. The summed E-state index contributed by atoms with van der Waals surface area (Å²) in [7, 11) is 0. The number of rotatable bonds is 9. The van der Waals surface area contributed by atoms with E-state index >= 15 is 0 Å². The van der Waals surface area contributed by atoms with Crippen LogP contribution >= 0.6 is 0 Å². The molecule has 2 fully saturated rings. The van der Waals surface area contributed by atoms with Crippen LogP contribution in [0.2, 0.25) is 0 Å². The second-order valence-corrected chi connectivity index (χ2v) is 11.2. The van der Waals surface area contributed by atoms with Crippen molar-refractivity contribution < 1.29 is 18.7 Å². The van der Waals surface area contributed by atoms with E-state index in [4.69, 9.17) is 9.72 Å². The van der Waals surface area contributed by atoms with E-state index in [0.29, 0.717) is 36.0 Å². The van der Waals surface area contributed by atoms with Crippen molar-refractivity contribution in [3.05, 3.63) is 53.4 Å². The molecule has 1 saturated carbocycles. The van der Waals surface area contributed by atoms with Gasteiger partial charge >= 0.3 is 5.97 Å². The molecule has 1 saturated heterocycles. The number of halogens is 1. The zero-order valence-electron chi connectivity index (χ0n) is 23.0. The Hall–Kier alpha value is -3.60. The van der Waals surface area contributed by atoms with Gasteiger partial charge in [0, 0.05) is 42.9 Å². The fourth-order valence-corrected chi connectivity index (χ4v) is 4.96. The highest BCUT2D eigenvalue weighted by molar-refractivity contribution is 5.95. The van der Waals surface area contributed by atoms with Crippen LogP contribution in [0.5, 0.6) is 0 Å². The zero-order chi connectivity index (χ0) is 27.7. The van der Waals surface area contributed by atoms with E-state index in [-0.39, 0.29) is 24.4 Å². The van der Waals surface area contributed by atoms with Crippen molar-refractivity contribution in [1.82, 2.24) is 30.0 Å². The van der Waals surface area contributed by atoms with Gasteiger partial charge in [-0.05, 0) is 50.3 Å². The van der Waals surface area contributed by atoms with Crippen LogP contribution in [0.4, 0.5) is 10.2 Å². The molecule has 1 aliphatic heterocycles. The number of anilines is 1. The molecule has 3 aromatic heterocycles. The number of nitrogens with zero attached hydrogens (tertiary/aromatic N) is 6. The van der Waals surface area contributed by atoms with Gasteiger partial charge in [0.25, 0.3) is 0 Å². The molecule has 0 bridgehead atoms. The largest absolute Gasteiger partial charge is 0.462 e. The first-order chi connectivity index (χ1) is 18.7. The van der Waals surface area contributed by atoms with E-state index in [1.807, 2.05) is 31.8 Å². The minimum atomic E-state index is -0.493. The Kier molecular flexibility index (Phi) is 7.53. The summed E-state index contributed by atoms with van der Waals surface area (Å²) < 4.78 is 21.2. The van der Waals surface area contributed by atoms with Crippen molar-refractivity contribution in [3.8, 4) is 0 Å². The van der Waals surface area contributed by atoms with Gasteiger partial charge in [-0.1, -0.05) is 20.8 Å². The molecule has 0 spiro atoms. The number of fused-ring (bicyclic) bond motifs is 1.